The highest BCUT2D eigenvalue weighted by atomic mass is 16.5. The van der Waals surface area contributed by atoms with Crippen LogP contribution in [0.3, 0.4) is 0 Å². The predicted molar refractivity (Wildman–Crippen MR) is 171 cm³/mol. The number of hydrogen-bond donors (Lipinski definition) is 0. The number of ether oxygens (including phenoxy) is 4. The lowest BCUT2D eigenvalue weighted by Crippen LogP contribution is -2.33. The first-order chi connectivity index (χ1) is 20.9. The Morgan fingerprint density at radius 1 is 0.558 bits per heavy atom. The molecule has 2 unspecified atom stereocenters. The van der Waals surface area contributed by atoms with Crippen LogP contribution in [-0.2, 0) is 25.7 Å². The fraction of sp³-hybridized carbons (Fsp3) is 0.351. The van der Waals surface area contributed by atoms with Crippen molar-refractivity contribution < 1.29 is 18.9 Å². The van der Waals surface area contributed by atoms with Gasteiger partial charge in [0.1, 0.15) is 17.2 Å². The van der Waals surface area contributed by atoms with Crippen LogP contribution in [0.4, 0.5) is 0 Å². The highest BCUT2D eigenvalue weighted by molar-refractivity contribution is 5.47. The Morgan fingerprint density at radius 2 is 1.07 bits per heavy atom. The maximum absolute atomic E-state index is 6.43. The Bertz CT molecular complexity index is 1570. The van der Waals surface area contributed by atoms with E-state index in [2.05, 4.69) is 96.7 Å². The molecular weight excluding hydrogens is 536 g/mol. The van der Waals surface area contributed by atoms with Crippen LogP contribution in [0.15, 0.2) is 78.9 Å². The van der Waals surface area contributed by atoms with Crippen LogP contribution < -0.4 is 18.9 Å². The van der Waals surface area contributed by atoms with Crippen molar-refractivity contribution in [1.29, 1.82) is 0 Å². The van der Waals surface area contributed by atoms with Crippen molar-refractivity contribution in [2.75, 3.05) is 48.5 Å². The predicted octanol–water partition coefficient (Wildman–Crippen LogP) is 7.05. The SMILES string of the molecule is COc1ccc2c(c1)C(Cc1ccc(Oc3cc(CC4c5cc(OC)ccc5CCN4C)ccc3OC)cc1)N(C)CC2. The van der Waals surface area contributed by atoms with Crippen LogP contribution >= 0.6 is 0 Å². The normalized spacial score (nSPS) is 18.4. The van der Waals surface area contributed by atoms with E-state index in [0.717, 1.165) is 67.5 Å². The number of fused-ring (bicyclic) bond motifs is 2. The standard InChI is InChI=1S/C37H42N2O4/c1-38-18-16-27-9-13-30(40-3)23-32(27)34(38)20-25-6-11-29(12-7-25)43-37-22-26(8-15-36(37)42-5)21-35-33-24-31(41-4)14-10-28(33)17-19-39(35)2/h6-15,22-24,34-35H,16-21H2,1-5H3. The zero-order valence-corrected chi connectivity index (χ0v) is 25.9. The summed E-state index contributed by atoms with van der Waals surface area (Å²) in [7, 11) is 9.57. The summed E-state index contributed by atoms with van der Waals surface area (Å²) in [5, 5.41) is 0. The summed E-state index contributed by atoms with van der Waals surface area (Å²) in [6, 6.07) is 28.3. The highest BCUT2D eigenvalue weighted by Crippen LogP contribution is 2.38. The molecule has 0 aliphatic carbocycles. The number of benzene rings is 4. The van der Waals surface area contributed by atoms with E-state index >= 15 is 0 Å². The molecule has 0 radical (unpaired) electrons. The molecule has 0 aromatic heterocycles. The van der Waals surface area contributed by atoms with Crippen LogP contribution in [0.5, 0.6) is 28.7 Å². The number of nitrogens with zero attached hydrogens (tertiary/aromatic N) is 2. The summed E-state index contributed by atoms with van der Waals surface area (Å²) in [5.41, 5.74) is 7.99. The molecule has 2 aliphatic rings. The van der Waals surface area contributed by atoms with E-state index < -0.39 is 0 Å². The fourth-order valence-electron chi connectivity index (χ4n) is 6.58. The van der Waals surface area contributed by atoms with Crippen molar-refractivity contribution in [1.82, 2.24) is 9.80 Å². The quantitative estimate of drug-likeness (QED) is 0.212. The number of hydrogen-bond acceptors (Lipinski definition) is 6. The molecule has 0 spiro atoms. The molecule has 43 heavy (non-hydrogen) atoms. The van der Waals surface area contributed by atoms with Crippen molar-refractivity contribution in [3.05, 3.63) is 112 Å². The van der Waals surface area contributed by atoms with E-state index in [1.807, 2.05) is 6.07 Å². The van der Waals surface area contributed by atoms with E-state index in [9.17, 15) is 0 Å². The van der Waals surface area contributed by atoms with Gasteiger partial charge in [0.05, 0.1) is 21.3 Å². The molecular formula is C37H42N2O4. The highest BCUT2D eigenvalue weighted by Gasteiger charge is 2.27. The van der Waals surface area contributed by atoms with Gasteiger partial charge in [-0.2, -0.15) is 0 Å². The van der Waals surface area contributed by atoms with Gasteiger partial charge in [0.15, 0.2) is 11.5 Å². The fourth-order valence-corrected chi connectivity index (χ4v) is 6.58. The lowest BCUT2D eigenvalue weighted by molar-refractivity contribution is 0.228. The Balaban J connectivity index is 1.19. The zero-order chi connectivity index (χ0) is 29.9. The molecule has 2 aliphatic heterocycles. The van der Waals surface area contributed by atoms with Crippen molar-refractivity contribution in [3.8, 4) is 28.7 Å². The van der Waals surface area contributed by atoms with E-state index in [1.165, 1.54) is 33.4 Å². The molecule has 4 aromatic carbocycles. The number of methoxy groups -OCH3 is 3. The second-order valence-electron chi connectivity index (χ2n) is 11.8. The van der Waals surface area contributed by atoms with Crippen LogP contribution in [0.25, 0.3) is 0 Å². The second-order valence-corrected chi connectivity index (χ2v) is 11.8. The third-order valence-electron chi connectivity index (χ3n) is 9.19. The first-order valence-electron chi connectivity index (χ1n) is 15.1. The minimum absolute atomic E-state index is 0.266. The van der Waals surface area contributed by atoms with E-state index in [-0.39, 0.29) is 6.04 Å². The first kappa shape index (κ1) is 29.1. The topological polar surface area (TPSA) is 43.4 Å². The minimum atomic E-state index is 0.266. The molecule has 0 saturated heterocycles. The van der Waals surface area contributed by atoms with Crippen molar-refractivity contribution in [2.45, 2.75) is 37.8 Å². The largest absolute Gasteiger partial charge is 0.497 e. The molecule has 2 heterocycles. The van der Waals surface area contributed by atoms with Crippen LogP contribution in [-0.4, -0.2) is 58.3 Å². The molecule has 6 heteroatoms. The molecule has 0 fully saturated rings. The molecule has 4 aromatic rings. The summed E-state index contributed by atoms with van der Waals surface area (Å²) in [5.74, 6) is 4.06. The average Bonchev–Trinajstić information content (AvgIpc) is 3.04. The van der Waals surface area contributed by atoms with Crippen LogP contribution in [0.2, 0.25) is 0 Å². The third-order valence-corrected chi connectivity index (χ3v) is 9.19. The molecule has 224 valence electrons. The van der Waals surface area contributed by atoms with Crippen molar-refractivity contribution >= 4 is 0 Å². The molecule has 6 nitrogen and oxygen atoms in total. The molecule has 0 saturated carbocycles. The Labute approximate surface area is 255 Å². The summed E-state index contributed by atoms with van der Waals surface area (Å²) in [6.07, 6.45) is 3.92. The summed E-state index contributed by atoms with van der Waals surface area (Å²) >= 11 is 0. The van der Waals surface area contributed by atoms with Crippen molar-refractivity contribution in [3.63, 3.8) is 0 Å². The summed E-state index contributed by atoms with van der Waals surface area (Å²) < 4.78 is 23.2. The number of rotatable bonds is 9. The lowest BCUT2D eigenvalue weighted by atomic mass is 9.89. The molecule has 0 N–H and O–H groups in total. The zero-order valence-electron chi connectivity index (χ0n) is 25.9. The maximum atomic E-state index is 6.43. The molecule has 0 bridgehead atoms. The molecule has 6 rings (SSSR count). The average molecular weight is 579 g/mol. The monoisotopic (exact) mass is 578 g/mol. The van der Waals surface area contributed by atoms with E-state index in [1.54, 1.807) is 21.3 Å². The first-order valence-corrected chi connectivity index (χ1v) is 15.1. The Hall–Kier alpha value is -4.00. The smallest absolute Gasteiger partial charge is 0.169 e. The van der Waals surface area contributed by atoms with Gasteiger partial charge in [-0.3, -0.25) is 9.80 Å². The Kier molecular flexibility index (Phi) is 8.59. The van der Waals surface area contributed by atoms with Gasteiger partial charge >= 0.3 is 0 Å². The van der Waals surface area contributed by atoms with Gasteiger partial charge in [0, 0.05) is 25.2 Å². The van der Waals surface area contributed by atoms with Crippen LogP contribution in [0, 0.1) is 0 Å². The van der Waals surface area contributed by atoms with Crippen molar-refractivity contribution in [2.24, 2.45) is 0 Å². The van der Waals surface area contributed by atoms with Gasteiger partial charge < -0.3 is 18.9 Å². The van der Waals surface area contributed by atoms with E-state index in [0.29, 0.717) is 6.04 Å². The van der Waals surface area contributed by atoms with Gasteiger partial charge in [-0.1, -0.05) is 30.3 Å². The Morgan fingerprint density at radius 3 is 1.60 bits per heavy atom. The van der Waals surface area contributed by atoms with Gasteiger partial charge in [-0.25, -0.2) is 0 Å². The van der Waals surface area contributed by atoms with Gasteiger partial charge in [0.2, 0.25) is 0 Å². The van der Waals surface area contributed by atoms with Gasteiger partial charge in [-0.05, 0) is 122 Å². The van der Waals surface area contributed by atoms with Gasteiger partial charge in [0.25, 0.3) is 0 Å². The number of likely N-dealkylation sites (N-methyl/N-ethyl adjacent to an activating group) is 2. The lowest BCUT2D eigenvalue weighted by Gasteiger charge is -2.35. The minimum Gasteiger partial charge on any atom is -0.497 e. The third kappa shape index (κ3) is 6.22. The summed E-state index contributed by atoms with van der Waals surface area (Å²) in [4.78, 5) is 4.88. The molecule has 0 amide bonds. The van der Waals surface area contributed by atoms with E-state index in [4.69, 9.17) is 18.9 Å². The molecule has 2 atom stereocenters. The second kappa shape index (κ2) is 12.7. The maximum Gasteiger partial charge on any atom is 0.169 e. The van der Waals surface area contributed by atoms with Gasteiger partial charge in [-0.15, -0.1) is 0 Å². The van der Waals surface area contributed by atoms with Crippen LogP contribution in [0.1, 0.15) is 45.5 Å². The summed E-state index contributed by atoms with van der Waals surface area (Å²) in [6.45, 7) is 2.09.